The lowest BCUT2D eigenvalue weighted by Crippen LogP contribution is -2.30. The van der Waals surface area contributed by atoms with E-state index in [-0.39, 0.29) is 5.41 Å². The first-order valence-electron chi connectivity index (χ1n) is 8.49. The molecule has 1 fully saturated rings. The second-order valence-electron chi connectivity index (χ2n) is 6.56. The topological polar surface area (TPSA) is 70.5 Å². The van der Waals surface area contributed by atoms with E-state index in [4.69, 9.17) is 20.9 Å². The summed E-state index contributed by atoms with van der Waals surface area (Å²) in [5.41, 5.74) is 15.8. The number of nitrogens with two attached hydrogens (primary N) is 2. The van der Waals surface area contributed by atoms with Crippen LogP contribution in [-0.4, -0.2) is 14.2 Å². The molecule has 2 aromatic rings. The van der Waals surface area contributed by atoms with E-state index in [9.17, 15) is 0 Å². The fourth-order valence-corrected chi connectivity index (χ4v) is 3.92. The molecular formula is C20H26N2O2. The van der Waals surface area contributed by atoms with Crippen LogP contribution < -0.4 is 20.9 Å². The highest BCUT2D eigenvalue weighted by Gasteiger charge is 2.36. The molecule has 0 heterocycles. The Morgan fingerprint density at radius 2 is 1.21 bits per heavy atom. The summed E-state index contributed by atoms with van der Waals surface area (Å²) in [5.74, 6) is 1.47. The van der Waals surface area contributed by atoms with Crippen molar-refractivity contribution in [2.24, 2.45) is 0 Å². The van der Waals surface area contributed by atoms with Crippen molar-refractivity contribution in [1.29, 1.82) is 0 Å². The number of methoxy groups -OCH3 is 2. The zero-order chi connectivity index (χ0) is 17.2. The normalized spacial score (nSPS) is 16.6. The van der Waals surface area contributed by atoms with Gasteiger partial charge < -0.3 is 20.9 Å². The first-order valence-corrected chi connectivity index (χ1v) is 8.49. The molecule has 0 aromatic heterocycles. The van der Waals surface area contributed by atoms with Gasteiger partial charge in [-0.25, -0.2) is 0 Å². The molecule has 4 heteroatoms. The van der Waals surface area contributed by atoms with Crippen molar-refractivity contribution in [1.82, 2.24) is 0 Å². The van der Waals surface area contributed by atoms with Gasteiger partial charge in [0, 0.05) is 5.41 Å². The van der Waals surface area contributed by atoms with E-state index in [1.807, 2.05) is 12.1 Å². The second-order valence-corrected chi connectivity index (χ2v) is 6.56. The van der Waals surface area contributed by atoms with E-state index in [0.717, 1.165) is 24.3 Å². The summed E-state index contributed by atoms with van der Waals surface area (Å²) in [6.07, 6.45) is 5.90. The van der Waals surface area contributed by atoms with E-state index >= 15 is 0 Å². The molecule has 0 saturated heterocycles. The van der Waals surface area contributed by atoms with Crippen LogP contribution in [0, 0.1) is 0 Å². The highest BCUT2D eigenvalue weighted by atomic mass is 16.5. The fraction of sp³-hybridized carbons (Fsp3) is 0.400. The van der Waals surface area contributed by atoms with Crippen molar-refractivity contribution in [2.75, 3.05) is 25.7 Å². The predicted octanol–water partition coefficient (Wildman–Crippen LogP) is 4.12. The minimum absolute atomic E-state index is 0.0415. The highest BCUT2D eigenvalue weighted by Crippen LogP contribution is 2.47. The van der Waals surface area contributed by atoms with Gasteiger partial charge in [-0.1, -0.05) is 31.4 Å². The molecule has 0 bridgehead atoms. The number of hydrogen-bond donors (Lipinski definition) is 2. The largest absolute Gasteiger partial charge is 0.495 e. The number of benzene rings is 2. The molecular weight excluding hydrogens is 300 g/mol. The molecule has 0 spiro atoms. The summed E-state index contributed by atoms with van der Waals surface area (Å²) < 4.78 is 10.9. The van der Waals surface area contributed by atoms with E-state index in [1.54, 1.807) is 14.2 Å². The Hall–Kier alpha value is -2.36. The van der Waals surface area contributed by atoms with Gasteiger partial charge in [0.2, 0.25) is 0 Å². The van der Waals surface area contributed by atoms with Gasteiger partial charge in [0.05, 0.1) is 25.6 Å². The maximum absolute atomic E-state index is 6.02. The molecule has 0 unspecified atom stereocenters. The Morgan fingerprint density at radius 1 is 0.750 bits per heavy atom. The number of ether oxygens (including phenoxy) is 2. The van der Waals surface area contributed by atoms with Gasteiger partial charge in [-0.2, -0.15) is 0 Å². The summed E-state index contributed by atoms with van der Waals surface area (Å²) >= 11 is 0. The van der Waals surface area contributed by atoms with Crippen LogP contribution >= 0.6 is 0 Å². The van der Waals surface area contributed by atoms with Crippen molar-refractivity contribution in [3.05, 3.63) is 47.5 Å². The summed E-state index contributed by atoms with van der Waals surface area (Å²) in [4.78, 5) is 0. The lowest BCUT2D eigenvalue weighted by atomic mass is 9.65. The molecule has 1 aliphatic rings. The minimum Gasteiger partial charge on any atom is -0.495 e. The van der Waals surface area contributed by atoms with Gasteiger partial charge in [-0.05, 0) is 48.2 Å². The molecule has 1 saturated carbocycles. The van der Waals surface area contributed by atoms with Crippen LogP contribution in [0.1, 0.15) is 43.2 Å². The van der Waals surface area contributed by atoms with Crippen molar-refractivity contribution in [3.8, 4) is 11.5 Å². The molecule has 4 nitrogen and oxygen atoms in total. The van der Waals surface area contributed by atoms with Gasteiger partial charge >= 0.3 is 0 Å². The maximum atomic E-state index is 6.02. The van der Waals surface area contributed by atoms with E-state index in [2.05, 4.69) is 24.3 Å². The minimum atomic E-state index is -0.0415. The summed E-state index contributed by atoms with van der Waals surface area (Å²) in [6.45, 7) is 0. The zero-order valence-corrected chi connectivity index (χ0v) is 14.5. The van der Waals surface area contributed by atoms with Gasteiger partial charge in [0.15, 0.2) is 0 Å². The molecule has 24 heavy (non-hydrogen) atoms. The average molecular weight is 326 g/mol. The van der Waals surface area contributed by atoms with Crippen LogP contribution in [0.3, 0.4) is 0 Å². The number of nitrogen functional groups attached to an aromatic ring is 2. The third kappa shape index (κ3) is 2.77. The Labute approximate surface area is 143 Å². The molecule has 128 valence electrons. The molecule has 0 aliphatic heterocycles. The Morgan fingerprint density at radius 3 is 1.62 bits per heavy atom. The van der Waals surface area contributed by atoms with Gasteiger partial charge in [-0.15, -0.1) is 0 Å². The van der Waals surface area contributed by atoms with E-state index in [0.29, 0.717) is 11.4 Å². The fourth-order valence-electron chi connectivity index (χ4n) is 3.92. The van der Waals surface area contributed by atoms with Crippen molar-refractivity contribution in [3.63, 3.8) is 0 Å². The molecule has 3 rings (SSSR count). The molecule has 0 radical (unpaired) electrons. The summed E-state index contributed by atoms with van der Waals surface area (Å²) in [6, 6.07) is 12.3. The average Bonchev–Trinajstić information content (AvgIpc) is 2.63. The quantitative estimate of drug-likeness (QED) is 0.829. The highest BCUT2D eigenvalue weighted by molar-refractivity contribution is 5.59. The predicted molar refractivity (Wildman–Crippen MR) is 98.7 cm³/mol. The Balaban J connectivity index is 2.15. The van der Waals surface area contributed by atoms with Crippen molar-refractivity contribution < 1.29 is 9.47 Å². The number of hydrogen-bond acceptors (Lipinski definition) is 4. The lowest BCUT2D eigenvalue weighted by Gasteiger charge is -2.39. The summed E-state index contributed by atoms with van der Waals surface area (Å²) in [7, 11) is 3.32. The summed E-state index contributed by atoms with van der Waals surface area (Å²) in [5, 5.41) is 0. The van der Waals surface area contributed by atoms with Crippen molar-refractivity contribution >= 4 is 11.4 Å². The molecule has 1 aliphatic carbocycles. The first kappa shape index (κ1) is 16.5. The van der Waals surface area contributed by atoms with Gasteiger partial charge in [0.1, 0.15) is 11.5 Å². The lowest BCUT2D eigenvalue weighted by molar-refractivity contribution is 0.341. The van der Waals surface area contributed by atoms with Crippen LogP contribution in [0.25, 0.3) is 0 Å². The molecule has 0 amide bonds. The standard InChI is InChI=1S/C20H26N2O2/c1-23-18-12-14(6-8-16(18)21)20(10-4-3-5-11-20)15-7-9-17(22)19(13-15)24-2/h6-9,12-13H,3-5,10-11,21-22H2,1-2H3. The number of anilines is 2. The smallest absolute Gasteiger partial charge is 0.142 e. The van der Waals surface area contributed by atoms with E-state index in [1.165, 1.54) is 30.4 Å². The molecule has 2 aromatic carbocycles. The third-order valence-electron chi connectivity index (χ3n) is 5.28. The van der Waals surface area contributed by atoms with Gasteiger partial charge in [-0.3, -0.25) is 0 Å². The van der Waals surface area contributed by atoms with Crippen LogP contribution in [-0.2, 0) is 5.41 Å². The molecule has 4 N–H and O–H groups in total. The van der Waals surface area contributed by atoms with Crippen molar-refractivity contribution in [2.45, 2.75) is 37.5 Å². The second kappa shape index (κ2) is 6.63. The maximum Gasteiger partial charge on any atom is 0.142 e. The monoisotopic (exact) mass is 326 g/mol. The first-order chi connectivity index (χ1) is 11.6. The third-order valence-corrected chi connectivity index (χ3v) is 5.28. The Bertz CT molecular complexity index is 666. The van der Waals surface area contributed by atoms with Gasteiger partial charge in [0.25, 0.3) is 0 Å². The SMILES string of the molecule is COc1cc(C2(c3ccc(N)c(OC)c3)CCCCC2)ccc1N. The molecule has 0 atom stereocenters. The van der Waals surface area contributed by atoms with E-state index < -0.39 is 0 Å². The Kier molecular flexibility index (Phi) is 4.56. The zero-order valence-electron chi connectivity index (χ0n) is 14.5. The van der Waals surface area contributed by atoms with Crippen LogP contribution in [0.4, 0.5) is 11.4 Å². The van der Waals surface area contributed by atoms with Crippen LogP contribution in [0.15, 0.2) is 36.4 Å². The van der Waals surface area contributed by atoms with Crippen LogP contribution in [0.2, 0.25) is 0 Å². The number of rotatable bonds is 4. The van der Waals surface area contributed by atoms with Crippen LogP contribution in [0.5, 0.6) is 11.5 Å².